The summed E-state index contributed by atoms with van der Waals surface area (Å²) in [6.45, 7) is 6.95. The van der Waals surface area contributed by atoms with Crippen molar-refractivity contribution in [1.82, 2.24) is 35.2 Å². The molecule has 0 spiro atoms. The van der Waals surface area contributed by atoms with E-state index in [-0.39, 0.29) is 6.04 Å². The Bertz CT molecular complexity index is 1120. The van der Waals surface area contributed by atoms with Crippen molar-refractivity contribution in [3.8, 4) is 33.9 Å². The molecule has 0 saturated carbocycles. The Kier molecular flexibility index (Phi) is 6.72. The van der Waals surface area contributed by atoms with Crippen molar-refractivity contribution in [1.29, 1.82) is 0 Å². The van der Waals surface area contributed by atoms with E-state index in [9.17, 15) is 0 Å². The van der Waals surface area contributed by atoms with Crippen LogP contribution in [0.15, 0.2) is 49.1 Å². The van der Waals surface area contributed by atoms with Crippen LogP contribution in [0.1, 0.15) is 57.3 Å². The molecular formula is C24H30N8. The van der Waals surface area contributed by atoms with E-state index in [2.05, 4.69) is 35.2 Å². The fourth-order valence-corrected chi connectivity index (χ4v) is 3.71. The third kappa shape index (κ3) is 4.61. The molecule has 5 N–H and O–H groups in total. The number of benzene rings is 1. The summed E-state index contributed by atoms with van der Waals surface area (Å²) in [5, 5.41) is 3.45. The van der Waals surface area contributed by atoms with Crippen LogP contribution < -0.4 is 11.1 Å². The van der Waals surface area contributed by atoms with Gasteiger partial charge in [0.2, 0.25) is 0 Å². The molecule has 0 bridgehead atoms. The van der Waals surface area contributed by atoms with Gasteiger partial charge in [0.1, 0.15) is 17.3 Å². The quantitative estimate of drug-likeness (QED) is 0.372. The maximum absolute atomic E-state index is 5.87. The number of rotatable bonds is 5. The van der Waals surface area contributed by atoms with E-state index in [1.165, 1.54) is 6.42 Å². The summed E-state index contributed by atoms with van der Waals surface area (Å²) in [7, 11) is 0. The molecule has 2 atom stereocenters. The predicted octanol–water partition coefficient (Wildman–Crippen LogP) is 4.39. The molecule has 1 aliphatic rings. The second kappa shape index (κ2) is 9.84. The number of aromatic nitrogens is 6. The molecule has 1 saturated heterocycles. The molecule has 5 rings (SSSR count). The molecule has 3 aromatic heterocycles. The Morgan fingerprint density at radius 3 is 2.16 bits per heavy atom. The zero-order valence-electron chi connectivity index (χ0n) is 18.8. The van der Waals surface area contributed by atoms with Gasteiger partial charge in [0.05, 0.1) is 54.0 Å². The predicted molar refractivity (Wildman–Crippen MR) is 127 cm³/mol. The SMILES string of the molecule is CC.C[C@H](N)c1ncc(-c2ccc(-c3cnc(-c4cnc([C@@H]5CCCN5)[nH]4)cn3)cc2)[nH]1. The Morgan fingerprint density at radius 1 is 0.844 bits per heavy atom. The molecule has 0 aliphatic carbocycles. The lowest BCUT2D eigenvalue weighted by Crippen LogP contribution is -2.14. The maximum atomic E-state index is 5.87. The van der Waals surface area contributed by atoms with Crippen LogP contribution in [0.2, 0.25) is 0 Å². The van der Waals surface area contributed by atoms with Crippen LogP contribution in [0, 0.1) is 0 Å². The number of nitrogens with zero attached hydrogens (tertiary/aromatic N) is 4. The molecule has 4 heterocycles. The fourth-order valence-electron chi connectivity index (χ4n) is 3.71. The third-order valence-electron chi connectivity index (χ3n) is 5.43. The summed E-state index contributed by atoms with van der Waals surface area (Å²) >= 11 is 0. The Labute approximate surface area is 188 Å². The van der Waals surface area contributed by atoms with Crippen LogP contribution >= 0.6 is 0 Å². The van der Waals surface area contributed by atoms with Gasteiger partial charge in [-0.05, 0) is 31.9 Å². The van der Waals surface area contributed by atoms with Crippen LogP contribution in [0.3, 0.4) is 0 Å². The Balaban J connectivity index is 0.00000119. The van der Waals surface area contributed by atoms with Gasteiger partial charge >= 0.3 is 0 Å². The zero-order chi connectivity index (χ0) is 22.5. The van der Waals surface area contributed by atoms with E-state index in [1.54, 1.807) is 12.4 Å². The number of hydrogen-bond acceptors (Lipinski definition) is 6. The Morgan fingerprint density at radius 2 is 1.53 bits per heavy atom. The highest BCUT2D eigenvalue weighted by Crippen LogP contribution is 2.25. The summed E-state index contributed by atoms with van der Waals surface area (Å²) in [4.78, 5) is 24.6. The molecule has 1 fully saturated rings. The van der Waals surface area contributed by atoms with Gasteiger partial charge in [-0.1, -0.05) is 38.1 Å². The normalized spacial score (nSPS) is 16.4. The number of imidazole rings is 2. The highest BCUT2D eigenvalue weighted by atomic mass is 15.0. The standard InChI is InChI=1S/C22H24N8.C2H6/c1-13(23)21-27-10-18(29-21)15-6-4-14(5-7-15)17-9-26-19(11-25-17)20-12-28-22(30-20)16-3-2-8-24-16;1-2/h4-7,9-13,16,24H,2-3,8,23H2,1H3,(H,27,29)(H,28,30);1-2H3/t13-,16-;/m0./s1. The summed E-state index contributed by atoms with van der Waals surface area (Å²) < 4.78 is 0. The van der Waals surface area contributed by atoms with E-state index in [0.717, 1.165) is 58.5 Å². The van der Waals surface area contributed by atoms with Gasteiger partial charge in [0, 0.05) is 5.56 Å². The van der Waals surface area contributed by atoms with Crippen molar-refractivity contribution < 1.29 is 0 Å². The van der Waals surface area contributed by atoms with Crippen LogP contribution in [-0.2, 0) is 0 Å². The van der Waals surface area contributed by atoms with Gasteiger partial charge in [0.25, 0.3) is 0 Å². The largest absolute Gasteiger partial charge is 0.341 e. The topological polar surface area (TPSA) is 121 Å². The summed E-state index contributed by atoms with van der Waals surface area (Å²) in [6.07, 6.45) is 9.51. The number of nitrogens with one attached hydrogen (secondary N) is 3. The summed E-state index contributed by atoms with van der Waals surface area (Å²) in [5.41, 5.74) is 11.4. The maximum Gasteiger partial charge on any atom is 0.123 e. The molecule has 0 amide bonds. The van der Waals surface area contributed by atoms with E-state index >= 15 is 0 Å². The van der Waals surface area contributed by atoms with Crippen molar-refractivity contribution in [3.05, 3.63) is 60.7 Å². The second-order valence-electron chi connectivity index (χ2n) is 7.67. The lowest BCUT2D eigenvalue weighted by Gasteiger charge is -2.06. The molecule has 8 heteroatoms. The smallest absolute Gasteiger partial charge is 0.123 e. The average Bonchev–Trinajstić information content (AvgIpc) is 3.62. The van der Waals surface area contributed by atoms with Gasteiger partial charge in [-0.25, -0.2) is 9.97 Å². The van der Waals surface area contributed by atoms with E-state index in [4.69, 9.17) is 5.73 Å². The van der Waals surface area contributed by atoms with Gasteiger partial charge in [-0.2, -0.15) is 0 Å². The lowest BCUT2D eigenvalue weighted by molar-refractivity contribution is 0.613. The number of aromatic amines is 2. The van der Waals surface area contributed by atoms with Crippen molar-refractivity contribution >= 4 is 0 Å². The van der Waals surface area contributed by atoms with Crippen LogP contribution in [0.25, 0.3) is 33.9 Å². The third-order valence-corrected chi connectivity index (χ3v) is 5.43. The zero-order valence-corrected chi connectivity index (χ0v) is 18.8. The first kappa shape index (κ1) is 21.9. The van der Waals surface area contributed by atoms with Crippen LogP contribution in [0.4, 0.5) is 0 Å². The van der Waals surface area contributed by atoms with Crippen molar-refractivity contribution in [2.24, 2.45) is 5.73 Å². The number of nitrogens with two attached hydrogens (primary N) is 1. The van der Waals surface area contributed by atoms with Crippen molar-refractivity contribution in [3.63, 3.8) is 0 Å². The number of hydrogen-bond donors (Lipinski definition) is 4. The molecule has 0 unspecified atom stereocenters. The monoisotopic (exact) mass is 430 g/mol. The molecule has 32 heavy (non-hydrogen) atoms. The van der Waals surface area contributed by atoms with Gasteiger partial charge in [-0.3, -0.25) is 9.97 Å². The van der Waals surface area contributed by atoms with E-state index in [1.807, 2.05) is 57.4 Å². The number of H-pyrrole nitrogens is 2. The molecule has 1 aromatic carbocycles. The van der Waals surface area contributed by atoms with Crippen molar-refractivity contribution in [2.75, 3.05) is 6.54 Å². The molecule has 0 radical (unpaired) electrons. The summed E-state index contributed by atoms with van der Waals surface area (Å²) in [6, 6.07) is 8.34. The van der Waals surface area contributed by atoms with Gasteiger partial charge in [0.15, 0.2) is 0 Å². The van der Waals surface area contributed by atoms with Crippen LogP contribution in [0.5, 0.6) is 0 Å². The first-order chi connectivity index (χ1) is 15.7. The molecule has 8 nitrogen and oxygen atoms in total. The fraction of sp³-hybridized carbons (Fsp3) is 0.333. The molecule has 4 aromatic rings. The highest BCUT2D eigenvalue weighted by Gasteiger charge is 2.19. The average molecular weight is 431 g/mol. The molecule has 1 aliphatic heterocycles. The van der Waals surface area contributed by atoms with E-state index < -0.39 is 0 Å². The van der Waals surface area contributed by atoms with Crippen LogP contribution in [-0.4, -0.2) is 36.4 Å². The highest BCUT2D eigenvalue weighted by molar-refractivity contribution is 5.66. The lowest BCUT2D eigenvalue weighted by atomic mass is 10.1. The van der Waals surface area contributed by atoms with Gasteiger partial charge < -0.3 is 21.0 Å². The first-order valence-corrected chi connectivity index (χ1v) is 11.2. The van der Waals surface area contributed by atoms with Crippen molar-refractivity contribution in [2.45, 2.75) is 45.7 Å². The Hall–Kier alpha value is -3.36. The minimum absolute atomic E-state index is 0.118. The molecule has 166 valence electrons. The molecular weight excluding hydrogens is 400 g/mol. The first-order valence-electron chi connectivity index (χ1n) is 11.2. The van der Waals surface area contributed by atoms with Gasteiger partial charge in [-0.15, -0.1) is 0 Å². The minimum atomic E-state index is -0.118. The summed E-state index contributed by atoms with van der Waals surface area (Å²) in [5.74, 6) is 1.75. The van der Waals surface area contributed by atoms with E-state index in [0.29, 0.717) is 6.04 Å². The second-order valence-corrected chi connectivity index (χ2v) is 7.67. The minimum Gasteiger partial charge on any atom is -0.341 e.